The van der Waals surface area contributed by atoms with Gasteiger partial charge in [-0.05, 0) is 37.5 Å². The number of nitrogens with one attached hydrogen (secondary N) is 1. The van der Waals surface area contributed by atoms with Gasteiger partial charge < -0.3 is 5.11 Å². The zero-order valence-corrected chi connectivity index (χ0v) is 14.7. The Balaban J connectivity index is 2.13. The maximum Gasteiger partial charge on any atom is 0.331 e. The van der Waals surface area contributed by atoms with Crippen LogP contribution < -0.4 is 11.2 Å². The van der Waals surface area contributed by atoms with Gasteiger partial charge >= 0.3 is 5.69 Å². The van der Waals surface area contributed by atoms with E-state index in [1.165, 1.54) is 22.8 Å². The standard InChI is InChI=1S/C19H22FN3O3/c1-2-15(21-13-8-6-7-12(20)11-13)16-17(24)22-19(26)23(18(16)25)14-9-4-3-5-10-14/h6-8,11,14,25H,2-5,9-10H2,1H3,(H,22,24,26). The molecular weight excluding hydrogens is 337 g/mol. The summed E-state index contributed by atoms with van der Waals surface area (Å²) < 4.78 is 14.7. The third-order valence-electron chi connectivity index (χ3n) is 4.75. The van der Waals surface area contributed by atoms with Gasteiger partial charge in [0.15, 0.2) is 0 Å². The number of nitrogens with zero attached hydrogens (tertiary/aromatic N) is 2. The molecule has 0 aliphatic heterocycles. The Morgan fingerprint density at radius 3 is 2.69 bits per heavy atom. The van der Waals surface area contributed by atoms with Crippen molar-refractivity contribution in [1.82, 2.24) is 9.55 Å². The van der Waals surface area contributed by atoms with Gasteiger partial charge in [0, 0.05) is 6.04 Å². The van der Waals surface area contributed by atoms with Crippen LogP contribution in [0.4, 0.5) is 10.1 Å². The van der Waals surface area contributed by atoms with Crippen LogP contribution in [-0.4, -0.2) is 20.4 Å². The molecule has 1 saturated carbocycles. The molecule has 138 valence electrons. The number of H-pyrrole nitrogens is 1. The molecule has 1 heterocycles. The topological polar surface area (TPSA) is 87.4 Å². The van der Waals surface area contributed by atoms with Crippen molar-refractivity contribution in [2.75, 3.05) is 0 Å². The van der Waals surface area contributed by atoms with E-state index in [0.29, 0.717) is 17.8 Å². The van der Waals surface area contributed by atoms with E-state index in [4.69, 9.17) is 0 Å². The second-order valence-electron chi connectivity index (χ2n) is 6.51. The Morgan fingerprint density at radius 2 is 2.04 bits per heavy atom. The molecule has 0 saturated heterocycles. The van der Waals surface area contributed by atoms with Gasteiger partial charge in [-0.1, -0.05) is 32.3 Å². The van der Waals surface area contributed by atoms with Crippen molar-refractivity contribution in [2.24, 2.45) is 4.99 Å². The minimum atomic E-state index is -0.684. The average molecular weight is 359 g/mol. The molecule has 0 bridgehead atoms. The fourth-order valence-corrected chi connectivity index (χ4v) is 3.49. The molecule has 6 nitrogen and oxygen atoms in total. The quantitative estimate of drug-likeness (QED) is 0.820. The van der Waals surface area contributed by atoms with E-state index < -0.39 is 17.1 Å². The average Bonchev–Trinajstić information content (AvgIpc) is 2.61. The molecule has 3 rings (SSSR count). The Kier molecular flexibility index (Phi) is 5.35. The summed E-state index contributed by atoms with van der Waals surface area (Å²) in [5.41, 5.74) is -0.669. The first-order valence-corrected chi connectivity index (χ1v) is 8.92. The van der Waals surface area contributed by atoms with Gasteiger partial charge in [0.05, 0.1) is 11.4 Å². The largest absolute Gasteiger partial charge is 0.494 e. The van der Waals surface area contributed by atoms with E-state index >= 15 is 0 Å². The summed E-state index contributed by atoms with van der Waals surface area (Å²) in [6, 6.07) is 5.55. The van der Waals surface area contributed by atoms with Crippen LogP contribution >= 0.6 is 0 Å². The normalized spacial score (nSPS) is 16.0. The second-order valence-corrected chi connectivity index (χ2v) is 6.51. The zero-order chi connectivity index (χ0) is 18.7. The highest BCUT2D eigenvalue weighted by Gasteiger charge is 2.24. The van der Waals surface area contributed by atoms with Crippen LogP contribution in [0.2, 0.25) is 0 Å². The van der Waals surface area contributed by atoms with Crippen LogP contribution in [0.5, 0.6) is 5.88 Å². The minimum Gasteiger partial charge on any atom is -0.494 e. The summed E-state index contributed by atoms with van der Waals surface area (Å²) in [4.78, 5) is 31.3. The molecule has 1 aromatic carbocycles. The molecule has 1 aliphatic rings. The fraction of sp³-hybridized carbons (Fsp3) is 0.421. The molecule has 7 heteroatoms. The highest BCUT2D eigenvalue weighted by molar-refractivity contribution is 6.03. The van der Waals surface area contributed by atoms with Crippen molar-refractivity contribution in [2.45, 2.75) is 51.5 Å². The number of aliphatic imine (C=N–C) groups is 1. The predicted molar refractivity (Wildman–Crippen MR) is 98.0 cm³/mol. The van der Waals surface area contributed by atoms with E-state index in [2.05, 4.69) is 9.98 Å². The molecule has 0 radical (unpaired) electrons. The minimum absolute atomic E-state index is 0.0260. The summed E-state index contributed by atoms with van der Waals surface area (Å²) in [7, 11) is 0. The molecule has 2 aromatic rings. The van der Waals surface area contributed by atoms with E-state index in [9.17, 15) is 19.1 Å². The number of aromatic nitrogens is 2. The molecule has 26 heavy (non-hydrogen) atoms. The summed E-state index contributed by atoms with van der Waals surface area (Å²) >= 11 is 0. The fourth-order valence-electron chi connectivity index (χ4n) is 3.49. The van der Waals surface area contributed by atoms with E-state index in [-0.39, 0.29) is 17.5 Å². The predicted octanol–water partition coefficient (Wildman–Crippen LogP) is 3.42. The monoisotopic (exact) mass is 359 g/mol. The molecule has 1 aromatic heterocycles. The second kappa shape index (κ2) is 7.68. The number of benzene rings is 1. The first kappa shape index (κ1) is 18.1. The van der Waals surface area contributed by atoms with Crippen molar-refractivity contribution in [3.63, 3.8) is 0 Å². The highest BCUT2D eigenvalue weighted by Crippen LogP contribution is 2.30. The first-order chi connectivity index (χ1) is 12.5. The van der Waals surface area contributed by atoms with Crippen molar-refractivity contribution < 1.29 is 9.50 Å². The molecule has 0 amide bonds. The lowest BCUT2D eigenvalue weighted by atomic mass is 9.95. The Morgan fingerprint density at radius 1 is 1.31 bits per heavy atom. The number of aromatic amines is 1. The third-order valence-corrected chi connectivity index (χ3v) is 4.75. The van der Waals surface area contributed by atoms with Crippen molar-refractivity contribution in [1.29, 1.82) is 0 Å². The van der Waals surface area contributed by atoms with Gasteiger partial charge in [-0.3, -0.25) is 19.3 Å². The van der Waals surface area contributed by atoms with Crippen molar-refractivity contribution >= 4 is 11.4 Å². The lowest BCUT2D eigenvalue weighted by Gasteiger charge is -2.25. The summed E-state index contributed by atoms with van der Waals surface area (Å²) in [6.45, 7) is 1.78. The van der Waals surface area contributed by atoms with Gasteiger partial charge in [-0.15, -0.1) is 0 Å². The molecule has 0 spiro atoms. The number of aromatic hydroxyl groups is 1. The van der Waals surface area contributed by atoms with Crippen LogP contribution in [0.15, 0.2) is 38.8 Å². The third kappa shape index (κ3) is 3.61. The number of halogens is 1. The first-order valence-electron chi connectivity index (χ1n) is 8.92. The Hall–Kier alpha value is -2.70. The SMILES string of the molecule is CCC(=Nc1cccc(F)c1)c1c(O)n(C2CCCCC2)c(=O)[nH]c1=O. The molecule has 2 N–H and O–H groups in total. The van der Waals surface area contributed by atoms with Crippen LogP contribution in [0, 0.1) is 5.82 Å². The Labute approximate surface area is 150 Å². The maximum absolute atomic E-state index is 13.4. The van der Waals surface area contributed by atoms with E-state index in [0.717, 1.165) is 32.1 Å². The van der Waals surface area contributed by atoms with Gasteiger partial charge in [0.25, 0.3) is 5.56 Å². The molecule has 0 unspecified atom stereocenters. The van der Waals surface area contributed by atoms with Gasteiger partial charge in [-0.25, -0.2) is 9.18 Å². The summed E-state index contributed by atoms with van der Waals surface area (Å²) in [6.07, 6.45) is 4.95. The zero-order valence-electron chi connectivity index (χ0n) is 14.7. The van der Waals surface area contributed by atoms with Crippen molar-refractivity contribution in [3.8, 4) is 5.88 Å². The van der Waals surface area contributed by atoms with Crippen LogP contribution in [0.1, 0.15) is 57.1 Å². The van der Waals surface area contributed by atoms with E-state index in [1.54, 1.807) is 13.0 Å². The lowest BCUT2D eigenvalue weighted by Crippen LogP contribution is -2.36. The van der Waals surface area contributed by atoms with Crippen LogP contribution in [0.25, 0.3) is 0 Å². The van der Waals surface area contributed by atoms with Gasteiger partial charge in [0.2, 0.25) is 5.88 Å². The van der Waals surface area contributed by atoms with Crippen molar-refractivity contribution in [3.05, 3.63) is 56.5 Å². The number of rotatable bonds is 4. The van der Waals surface area contributed by atoms with Crippen LogP contribution in [0.3, 0.4) is 0 Å². The Bertz CT molecular complexity index is 940. The lowest BCUT2D eigenvalue weighted by molar-refractivity contribution is 0.298. The van der Waals surface area contributed by atoms with Crippen LogP contribution in [-0.2, 0) is 0 Å². The van der Waals surface area contributed by atoms with Gasteiger partial charge in [0.1, 0.15) is 11.4 Å². The number of hydrogen-bond donors (Lipinski definition) is 2. The molecule has 1 aliphatic carbocycles. The molecule has 0 atom stereocenters. The number of hydrogen-bond acceptors (Lipinski definition) is 4. The summed E-state index contributed by atoms with van der Waals surface area (Å²) in [5.74, 6) is -0.797. The molecule has 1 fully saturated rings. The highest BCUT2D eigenvalue weighted by atomic mass is 19.1. The maximum atomic E-state index is 13.4. The molecular formula is C19H22FN3O3. The van der Waals surface area contributed by atoms with Gasteiger partial charge in [-0.2, -0.15) is 0 Å². The smallest absolute Gasteiger partial charge is 0.331 e. The van der Waals surface area contributed by atoms with E-state index in [1.807, 2.05) is 0 Å². The summed E-state index contributed by atoms with van der Waals surface area (Å²) in [5, 5.41) is 10.7.